The van der Waals surface area contributed by atoms with Crippen LogP contribution in [0.2, 0.25) is 0 Å². The molecule has 4 heteroatoms. The average molecular weight is 197 g/mol. The molecule has 0 aliphatic heterocycles. The molecule has 0 aromatic heterocycles. The van der Waals surface area contributed by atoms with Gasteiger partial charge in [0.25, 0.3) is 0 Å². The van der Waals surface area contributed by atoms with E-state index in [4.69, 9.17) is 0 Å². The van der Waals surface area contributed by atoms with Crippen LogP contribution in [0, 0.1) is 0 Å². The van der Waals surface area contributed by atoms with Crippen molar-refractivity contribution in [3.05, 3.63) is 0 Å². The zero-order chi connectivity index (χ0) is 10.3. The summed E-state index contributed by atoms with van der Waals surface area (Å²) in [5, 5.41) is 2.85. The molecular formula is C9H18F3N. The normalized spacial score (nSPS) is 14.5. The van der Waals surface area contributed by atoms with E-state index >= 15 is 0 Å². The van der Waals surface area contributed by atoms with Gasteiger partial charge in [-0.05, 0) is 19.9 Å². The standard InChI is InChI=1S/C9H18F3N/c1-3-4-5-6-13-8(2)7-9(10,11)12/h8,13H,3-7H2,1-2H3. The Morgan fingerprint density at radius 2 is 1.85 bits per heavy atom. The van der Waals surface area contributed by atoms with Gasteiger partial charge in [0.05, 0.1) is 6.42 Å². The lowest BCUT2D eigenvalue weighted by Crippen LogP contribution is -2.31. The van der Waals surface area contributed by atoms with Crippen LogP contribution < -0.4 is 5.32 Å². The molecule has 0 saturated heterocycles. The molecule has 0 aliphatic carbocycles. The Labute approximate surface area is 77.7 Å². The van der Waals surface area contributed by atoms with E-state index in [-0.39, 0.29) is 0 Å². The highest BCUT2D eigenvalue weighted by Crippen LogP contribution is 2.21. The first-order valence-electron chi connectivity index (χ1n) is 4.76. The first kappa shape index (κ1) is 12.8. The van der Waals surface area contributed by atoms with E-state index in [2.05, 4.69) is 12.2 Å². The molecule has 0 saturated carbocycles. The molecule has 0 bridgehead atoms. The maximum absolute atomic E-state index is 11.8. The van der Waals surface area contributed by atoms with Crippen LogP contribution in [-0.2, 0) is 0 Å². The quantitative estimate of drug-likeness (QED) is 0.645. The van der Waals surface area contributed by atoms with Crippen LogP contribution in [0.15, 0.2) is 0 Å². The summed E-state index contributed by atoms with van der Waals surface area (Å²) in [5.41, 5.74) is 0. The van der Waals surface area contributed by atoms with Gasteiger partial charge in [-0.15, -0.1) is 0 Å². The van der Waals surface area contributed by atoms with Crippen molar-refractivity contribution in [2.45, 2.75) is 51.7 Å². The van der Waals surface area contributed by atoms with Gasteiger partial charge in [0.1, 0.15) is 0 Å². The Kier molecular flexibility index (Phi) is 6.12. The summed E-state index contributed by atoms with van der Waals surface area (Å²) in [5.74, 6) is 0. The van der Waals surface area contributed by atoms with E-state index in [0.29, 0.717) is 6.54 Å². The number of rotatable bonds is 6. The maximum atomic E-state index is 11.8. The number of alkyl halides is 3. The highest BCUT2D eigenvalue weighted by atomic mass is 19.4. The molecular weight excluding hydrogens is 179 g/mol. The van der Waals surface area contributed by atoms with Crippen molar-refractivity contribution in [3.8, 4) is 0 Å². The minimum Gasteiger partial charge on any atom is -0.314 e. The van der Waals surface area contributed by atoms with Gasteiger partial charge in [-0.2, -0.15) is 13.2 Å². The highest BCUT2D eigenvalue weighted by Gasteiger charge is 2.29. The summed E-state index contributed by atoms with van der Waals surface area (Å²) >= 11 is 0. The Balaban J connectivity index is 3.35. The SMILES string of the molecule is CCCCCNC(C)CC(F)(F)F. The fraction of sp³-hybridized carbons (Fsp3) is 1.00. The van der Waals surface area contributed by atoms with Crippen LogP contribution in [0.4, 0.5) is 13.2 Å². The molecule has 80 valence electrons. The minimum atomic E-state index is -4.04. The molecule has 0 aromatic rings. The lowest BCUT2D eigenvalue weighted by molar-refractivity contribution is -0.139. The van der Waals surface area contributed by atoms with Gasteiger partial charge >= 0.3 is 6.18 Å². The third-order valence-corrected chi connectivity index (χ3v) is 1.81. The minimum absolute atomic E-state index is 0.461. The van der Waals surface area contributed by atoms with E-state index in [1.54, 1.807) is 6.92 Å². The van der Waals surface area contributed by atoms with E-state index in [0.717, 1.165) is 19.3 Å². The Bertz CT molecular complexity index is 123. The van der Waals surface area contributed by atoms with Crippen molar-refractivity contribution < 1.29 is 13.2 Å². The molecule has 0 aliphatic rings. The van der Waals surface area contributed by atoms with E-state index in [1.165, 1.54) is 0 Å². The van der Waals surface area contributed by atoms with Gasteiger partial charge in [0.15, 0.2) is 0 Å². The number of hydrogen-bond acceptors (Lipinski definition) is 1. The average Bonchev–Trinajstić information content (AvgIpc) is 1.94. The molecule has 0 radical (unpaired) electrons. The number of nitrogens with one attached hydrogen (secondary N) is 1. The fourth-order valence-corrected chi connectivity index (χ4v) is 1.14. The van der Waals surface area contributed by atoms with E-state index < -0.39 is 18.6 Å². The van der Waals surface area contributed by atoms with Crippen molar-refractivity contribution in [1.29, 1.82) is 0 Å². The zero-order valence-electron chi connectivity index (χ0n) is 8.25. The van der Waals surface area contributed by atoms with Crippen LogP contribution in [0.1, 0.15) is 39.5 Å². The molecule has 1 N–H and O–H groups in total. The van der Waals surface area contributed by atoms with Crippen LogP contribution in [0.3, 0.4) is 0 Å². The summed E-state index contributed by atoms with van der Waals surface area (Å²) in [7, 11) is 0. The van der Waals surface area contributed by atoms with E-state index in [1.807, 2.05) is 0 Å². The Morgan fingerprint density at radius 3 is 2.31 bits per heavy atom. The number of halogens is 3. The first-order chi connectivity index (χ1) is 5.95. The molecule has 1 atom stereocenters. The van der Waals surface area contributed by atoms with E-state index in [9.17, 15) is 13.2 Å². The molecule has 0 aromatic carbocycles. The molecule has 0 fully saturated rings. The van der Waals surface area contributed by atoms with Gasteiger partial charge in [-0.1, -0.05) is 19.8 Å². The van der Waals surface area contributed by atoms with Crippen LogP contribution in [0.25, 0.3) is 0 Å². The predicted molar refractivity (Wildman–Crippen MR) is 47.7 cm³/mol. The second-order valence-corrected chi connectivity index (χ2v) is 3.38. The summed E-state index contributed by atoms with van der Waals surface area (Å²) in [6, 6.07) is -0.461. The van der Waals surface area contributed by atoms with Crippen molar-refractivity contribution in [2.75, 3.05) is 6.54 Å². The number of hydrogen-bond donors (Lipinski definition) is 1. The molecule has 13 heavy (non-hydrogen) atoms. The smallest absolute Gasteiger partial charge is 0.314 e. The third-order valence-electron chi connectivity index (χ3n) is 1.81. The summed E-state index contributed by atoms with van der Waals surface area (Å²) in [6.45, 7) is 4.32. The predicted octanol–water partition coefficient (Wildman–Crippen LogP) is 3.11. The summed E-state index contributed by atoms with van der Waals surface area (Å²) < 4.78 is 35.5. The van der Waals surface area contributed by atoms with Crippen LogP contribution >= 0.6 is 0 Å². The molecule has 0 spiro atoms. The van der Waals surface area contributed by atoms with Gasteiger partial charge < -0.3 is 5.32 Å². The molecule has 0 heterocycles. The maximum Gasteiger partial charge on any atom is 0.390 e. The summed E-state index contributed by atoms with van der Waals surface area (Å²) in [4.78, 5) is 0. The van der Waals surface area contributed by atoms with Crippen molar-refractivity contribution in [1.82, 2.24) is 5.32 Å². The highest BCUT2D eigenvalue weighted by molar-refractivity contribution is 4.65. The van der Waals surface area contributed by atoms with Crippen molar-refractivity contribution in [2.24, 2.45) is 0 Å². The van der Waals surface area contributed by atoms with Crippen LogP contribution in [0.5, 0.6) is 0 Å². The number of unbranched alkanes of at least 4 members (excludes halogenated alkanes) is 2. The lowest BCUT2D eigenvalue weighted by Gasteiger charge is -2.15. The van der Waals surface area contributed by atoms with Crippen molar-refractivity contribution in [3.63, 3.8) is 0 Å². The first-order valence-corrected chi connectivity index (χ1v) is 4.76. The van der Waals surface area contributed by atoms with Gasteiger partial charge in [0, 0.05) is 6.04 Å². The van der Waals surface area contributed by atoms with Crippen LogP contribution in [-0.4, -0.2) is 18.8 Å². The summed E-state index contributed by atoms with van der Waals surface area (Å²) in [6.07, 6.45) is -1.66. The van der Waals surface area contributed by atoms with Gasteiger partial charge in [0.2, 0.25) is 0 Å². The Hall–Kier alpha value is -0.250. The largest absolute Gasteiger partial charge is 0.390 e. The fourth-order valence-electron chi connectivity index (χ4n) is 1.14. The van der Waals surface area contributed by atoms with Gasteiger partial charge in [-0.3, -0.25) is 0 Å². The molecule has 1 nitrogen and oxygen atoms in total. The second kappa shape index (κ2) is 6.24. The molecule has 0 rings (SSSR count). The molecule has 1 unspecified atom stereocenters. The third kappa shape index (κ3) is 9.67. The van der Waals surface area contributed by atoms with Gasteiger partial charge in [-0.25, -0.2) is 0 Å². The monoisotopic (exact) mass is 197 g/mol. The molecule has 0 amide bonds. The van der Waals surface area contributed by atoms with Crippen molar-refractivity contribution >= 4 is 0 Å². The topological polar surface area (TPSA) is 12.0 Å². The Morgan fingerprint density at radius 1 is 1.23 bits per heavy atom. The zero-order valence-corrected chi connectivity index (χ0v) is 8.25. The lowest BCUT2D eigenvalue weighted by atomic mass is 10.2. The second-order valence-electron chi connectivity index (χ2n) is 3.38.